The summed E-state index contributed by atoms with van der Waals surface area (Å²) in [7, 11) is 1.90. The highest BCUT2D eigenvalue weighted by Crippen LogP contribution is 2.05. The standard InChI is InChI=1S/C10H20N6/c1-14-8-10(12-13-14)9-16-6-4-15(3-2-11)5-7-16/h8H,2-7,9,11H2,1H3. The van der Waals surface area contributed by atoms with Gasteiger partial charge in [-0.05, 0) is 0 Å². The van der Waals surface area contributed by atoms with Gasteiger partial charge in [0.15, 0.2) is 0 Å². The maximum atomic E-state index is 5.54. The average Bonchev–Trinajstić information content (AvgIpc) is 2.67. The molecule has 6 nitrogen and oxygen atoms in total. The van der Waals surface area contributed by atoms with Gasteiger partial charge in [-0.3, -0.25) is 14.5 Å². The highest BCUT2D eigenvalue weighted by atomic mass is 15.4. The summed E-state index contributed by atoms with van der Waals surface area (Å²) in [6.07, 6.45) is 1.98. The Kier molecular flexibility index (Phi) is 3.87. The van der Waals surface area contributed by atoms with Crippen molar-refractivity contribution in [2.75, 3.05) is 39.3 Å². The second-order valence-corrected chi connectivity index (χ2v) is 4.29. The van der Waals surface area contributed by atoms with Crippen molar-refractivity contribution in [3.8, 4) is 0 Å². The van der Waals surface area contributed by atoms with E-state index in [0.717, 1.165) is 51.5 Å². The van der Waals surface area contributed by atoms with E-state index in [0.29, 0.717) is 0 Å². The molecule has 1 fully saturated rings. The van der Waals surface area contributed by atoms with Gasteiger partial charge in [-0.2, -0.15) is 0 Å². The van der Waals surface area contributed by atoms with E-state index in [4.69, 9.17) is 5.73 Å². The summed E-state index contributed by atoms with van der Waals surface area (Å²) in [6, 6.07) is 0. The first-order valence-corrected chi connectivity index (χ1v) is 5.78. The predicted molar refractivity (Wildman–Crippen MR) is 61.8 cm³/mol. The van der Waals surface area contributed by atoms with Crippen LogP contribution in [0.1, 0.15) is 5.69 Å². The average molecular weight is 224 g/mol. The minimum absolute atomic E-state index is 0.754. The number of hydrogen-bond donors (Lipinski definition) is 1. The van der Waals surface area contributed by atoms with E-state index in [-0.39, 0.29) is 0 Å². The lowest BCUT2D eigenvalue weighted by Crippen LogP contribution is -2.47. The van der Waals surface area contributed by atoms with Crippen molar-refractivity contribution in [3.05, 3.63) is 11.9 Å². The summed E-state index contributed by atoms with van der Waals surface area (Å²) < 4.78 is 1.75. The van der Waals surface area contributed by atoms with E-state index in [2.05, 4.69) is 20.1 Å². The molecule has 6 heteroatoms. The van der Waals surface area contributed by atoms with E-state index in [1.54, 1.807) is 4.68 Å². The molecule has 1 aliphatic heterocycles. The van der Waals surface area contributed by atoms with Gasteiger partial charge in [-0.1, -0.05) is 5.21 Å². The molecule has 0 aliphatic carbocycles. The molecule has 1 aromatic heterocycles. The zero-order chi connectivity index (χ0) is 11.4. The fraction of sp³-hybridized carbons (Fsp3) is 0.800. The number of aryl methyl sites for hydroxylation is 1. The molecule has 2 rings (SSSR count). The van der Waals surface area contributed by atoms with Crippen molar-refractivity contribution in [1.29, 1.82) is 0 Å². The maximum Gasteiger partial charge on any atom is 0.0967 e. The molecule has 0 unspecified atom stereocenters. The van der Waals surface area contributed by atoms with E-state index < -0.39 is 0 Å². The number of nitrogens with two attached hydrogens (primary N) is 1. The molecule has 2 N–H and O–H groups in total. The minimum Gasteiger partial charge on any atom is -0.329 e. The van der Waals surface area contributed by atoms with Gasteiger partial charge in [0.2, 0.25) is 0 Å². The fourth-order valence-electron chi connectivity index (χ4n) is 2.05. The van der Waals surface area contributed by atoms with Crippen LogP contribution in [0.25, 0.3) is 0 Å². The van der Waals surface area contributed by atoms with Gasteiger partial charge in [0.05, 0.1) is 5.69 Å². The molecule has 0 spiro atoms. The Bertz CT molecular complexity index is 315. The van der Waals surface area contributed by atoms with Gasteiger partial charge in [0.1, 0.15) is 0 Å². The van der Waals surface area contributed by atoms with E-state index in [9.17, 15) is 0 Å². The second kappa shape index (κ2) is 5.38. The highest BCUT2D eigenvalue weighted by molar-refractivity contribution is 4.92. The second-order valence-electron chi connectivity index (χ2n) is 4.29. The molecular weight excluding hydrogens is 204 g/mol. The number of rotatable bonds is 4. The third-order valence-electron chi connectivity index (χ3n) is 2.95. The van der Waals surface area contributed by atoms with Gasteiger partial charge >= 0.3 is 0 Å². The van der Waals surface area contributed by atoms with Crippen molar-refractivity contribution < 1.29 is 0 Å². The molecular formula is C10H20N6. The largest absolute Gasteiger partial charge is 0.329 e. The van der Waals surface area contributed by atoms with E-state index in [1.807, 2.05) is 13.2 Å². The van der Waals surface area contributed by atoms with Gasteiger partial charge in [-0.15, -0.1) is 5.10 Å². The maximum absolute atomic E-state index is 5.54. The molecule has 0 radical (unpaired) electrons. The normalized spacial score (nSPS) is 19.1. The number of piperazine rings is 1. The molecule has 0 aromatic carbocycles. The minimum atomic E-state index is 0.754. The smallest absolute Gasteiger partial charge is 0.0967 e. The molecule has 0 atom stereocenters. The number of nitrogens with zero attached hydrogens (tertiary/aromatic N) is 5. The SMILES string of the molecule is Cn1cc(CN2CCN(CCN)CC2)nn1. The zero-order valence-corrected chi connectivity index (χ0v) is 9.84. The van der Waals surface area contributed by atoms with Crippen molar-refractivity contribution in [3.63, 3.8) is 0 Å². The molecule has 90 valence electrons. The lowest BCUT2D eigenvalue weighted by Gasteiger charge is -2.33. The predicted octanol–water partition coefficient (Wildman–Crippen LogP) is -1.11. The van der Waals surface area contributed by atoms with Crippen LogP contribution >= 0.6 is 0 Å². The zero-order valence-electron chi connectivity index (χ0n) is 9.84. The molecule has 2 heterocycles. The third-order valence-corrected chi connectivity index (χ3v) is 2.95. The Labute approximate surface area is 96.0 Å². The molecule has 16 heavy (non-hydrogen) atoms. The van der Waals surface area contributed by atoms with Gasteiger partial charge < -0.3 is 5.73 Å². The summed E-state index contributed by atoms with van der Waals surface area (Å²) in [5.41, 5.74) is 6.59. The van der Waals surface area contributed by atoms with Crippen LogP contribution in [0.2, 0.25) is 0 Å². The van der Waals surface area contributed by atoms with Crippen LogP contribution in [0, 0.1) is 0 Å². The van der Waals surface area contributed by atoms with Crippen LogP contribution in [0.15, 0.2) is 6.20 Å². The molecule has 0 saturated carbocycles. The third kappa shape index (κ3) is 3.01. The van der Waals surface area contributed by atoms with Crippen LogP contribution in [-0.2, 0) is 13.6 Å². The highest BCUT2D eigenvalue weighted by Gasteiger charge is 2.16. The summed E-state index contributed by atoms with van der Waals surface area (Å²) in [4.78, 5) is 4.82. The van der Waals surface area contributed by atoms with Crippen LogP contribution in [-0.4, -0.2) is 64.1 Å². The van der Waals surface area contributed by atoms with Crippen LogP contribution in [0.5, 0.6) is 0 Å². The monoisotopic (exact) mass is 224 g/mol. The Hall–Kier alpha value is -0.980. The summed E-state index contributed by atoms with van der Waals surface area (Å²) in [6.45, 7) is 7.08. The van der Waals surface area contributed by atoms with Crippen LogP contribution in [0.3, 0.4) is 0 Å². The Morgan fingerprint density at radius 3 is 2.50 bits per heavy atom. The Morgan fingerprint density at radius 2 is 1.94 bits per heavy atom. The molecule has 0 bridgehead atoms. The quantitative estimate of drug-likeness (QED) is 0.703. The van der Waals surface area contributed by atoms with E-state index in [1.165, 1.54) is 0 Å². The lowest BCUT2D eigenvalue weighted by atomic mass is 10.3. The van der Waals surface area contributed by atoms with Crippen molar-refractivity contribution >= 4 is 0 Å². The van der Waals surface area contributed by atoms with Gasteiger partial charge in [0, 0.05) is 59.1 Å². The van der Waals surface area contributed by atoms with Gasteiger partial charge in [-0.25, -0.2) is 0 Å². The summed E-state index contributed by atoms with van der Waals surface area (Å²) in [5, 5.41) is 8.04. The van der Waals surface area contributed by atoms with Crippen LogP contribution in [0.4, 0.5) is 0 Å². The Morgan fingerprint density at radius 1 is 1.25 bits per heavy atom. The first kappa shape index (κ1) is 11.5. The fourth-order valence-corrected chi connectivity index (χ4v) is 2.05. The first-order valence-electron chi connectivity index (χ1n) is 5.78. The van der Waals surface area contributed by atoms with Crippen molar-refractivity contribution in [2.45, 2.75) is 6.54 Å². The molecule has 1 saturated heterocycles. The molecule has 1 aliphatic rings. The summed E-state index contributed by atoms with van der Waals surface area (Å²) in [5.74, 6) is 0. The molecule has 0 amide bonds. The van der Waals surface area contributed by atoms with Crippen LogP contribution < -0.4 is 5.73 Å². The molecule has 1 aromatic rings. The summed E-state index contributed by atoms with van der Waals surface area (Å²) >= 11 is 0. The topological polar surface area (TPSA) is 63.2 Å². The lowest BCUT2D eigenvalue weighted by molar-refractivity contribution is 0.128. The van der Waals surface area contributed by atoms with E-state index >= 15 is 0 Å². The number of hydrogen-bond acceptors (Lipinski definition) is 5. The van der Waals surface area contributed by atoms with Crippen molar-refractivity contribution in [1.82, 2.24) is 24.8 Å². The number of aromatic nitrogens is 3. The first-order chi connectivity index (χ1) is 7.78. The van der Waals surface area contributed by atoms with Gasteiger partial charge in [0.25, 0.3) is 0 Å². The Balaban J connectivity index is 1.77. The van der Waals surface area contributed by atoms with Crippen molar-refractivity contribution in [2.24, 2.45) is 12.8 Å².